The van der Waals surface area contributed by atoms with Crippen LogP contribution in [0.15, 0.2) is 12.1 Å². The summed E-state index contributed by atoms with van der Waals surface area (Å²) >= 11 is 6.49. The zero-order chi connectivity index (χ0) is 17.5. The van der Waals surface area contributed by atoms with E-state index in [0.29, 0.717) is 25.1 Å². The zero-order valence-electron chi connectivity index (χ0n) is 12.6. The molecule has 0 saturated heterocycles. The van der Waals surface area contributed by atoms with Gasteiger partial charge in [-0.25, -0.2) is 13.2 Å². The van der Waals surface area contributed by atoms with Crippen LogP contribution in [0.2, 0.25) is 0 Å². The van der Waals surface area contributed by atoms with Crippen molar-refractivity contribution in [3.8, 4) is 0 Å². The third kappa shape index (κ3) is 7.69. The molecule has 1 rings (SSSR count). The molecule has 23 heavy (non-hydrogen) atoms. The zero-order valence-corrected chi connectivity index (χ0v) is 19.9. The first-order valence-corrected chi connectivity index (χ1v) is 12.2. The molecule has 0 fully saturated rings. The maximum atomic E-state index is 12.2. The Kier molecular flexibility index (Phi) is 10.2. The van der Waals surface area contributed by atoms with Crippen molar-refractivity contribution in [1.29, 1.82) is 0 Å². The van der Waals surface area contributed by atoms with Gasteiger partial charge in [0, 0.05) is 22.9 Å². The highest BCUT2D eigenvalue weighted by atomic mass is 127. The second-order valence-corrected chi connectivity index (χ2v) is 10.7. The Morgan fingerprint density at radius 2 is 1.83 bits per heavy atom. The molecule has 0 aliphatic carbocycles. The molecule has 0 radical (unpaired) electrons. The first kappa shape index (κ1) is 21.8. The van der Waals surface area contributed by atoms with E-state index in [9.17, 15) is 13.2 Å². The van der Waals surface area contributed by atoms with Gasteiger partial charge >= 0.3 is 5.97 Å². The predicted octanol–water partition coefficient (Wildman–Crippen LogP) is 2.05. The van der Waals surface area contributed by atoms with Crippen molar-refractivity contribution in [3.05, 3.63) is 28.4 Å². The molecule has 0 atom stereocenters. The molecule has 130 valence electrons. The van der Waals surface area contributed by atoms with Gasteiger partial charge in [0.05, 0.1) is 31.0 Å². The summed E-state index contributed by atoms with van der Waals surface area (Å²) < 4.78 is 30.8. The molecule has 1 aromatic carbocycles. The van der Waals surface area contributed by atoms with E-state index < -0.39 is 9.84 Å². The summed E-state index contributed by atoms with van der Waals surface area (Å²) in [6, 6.07) is 3.88. The molecule has 5 nitrogen and oxygen atoms in total. The van der Waals surface area contributed by atoms with Gasteiger partial charge < -0.3 is 10.1 Å². The number of rotatable bonds is 9. The number of esters is 1. The minimum Gasteiger partial charge on any atom is -0.462 e. The number of carbonyl (C=O) groups excluding carboxylic acids is 1. The maximum Gasteiger partial charge on any atom is 0.340 e. The minimum absolute atomic E-state index is 0.186. The summed E-state index contributed by atoms with van der Waals surface area (Å²) in [5.74, 6) is 0.0826. The molecule has 2 N–H and O–H groups in total. The van der Waals surface area contributed by atoms with Crippen LogP contribution in [0.5, 0.6) is 0 Å². The molecule has 1 aromatic rings. The molecule has 0 spiro atoms. The van der Waals surface area contributed by atoms with Gasteiger partial charge in [-0.3, -0.25) is 0 Å². The minimum atomic E-state index is -2.89. The van der Waals surface area contributed by atoms with Crippen LogP contribution in [0, 0.1) is 10.7 Å². The van der Waals surface area contributed by atoms with Crippen molar-refractivity contribution in [3.63, 3.8) is 0 Å². The topological polar surface area (TPSA) is 77.1 Å². The number of sulfone groups is 1. The molecule has 0 unspecified atom stereocenters. The van der Waals surface area contributed by atoms with E-state index in [1.807, 2.05) is 17.4 Å². The van der Waals surface area contributed by atoms with Crippen LogP contribution in [-0.4, -0.2) is 45.6 Å². The van der Waals surface area contributed by atoms with E-state index in [-0.39, 0.29) is 17.5 Å². The summed E-state index contributed by atoms with van der Waals surface area (Å²) in [6.45, 7) is 3.29. The van der Waals surface area contributed by atoms with E-state index in [2.05, 4.69) is 67.8 Å². The first-order valence-electron chi connectivity index (χ1n) is 7.11. The lowest BCUT2D eigenvalue weighted by atomic mass is 10.2. The summed E-state index contributed by atoms with van der Waals surface area (Å²) in [4.78, 5) is 12.2. The molecule has 0 heterocycles. The number of ether oxygens (including phenoxy) is 1. The number of hydrogen-bond acceptors (Lipinski definition) is 4. The molecule has 0 saturated carbocycles. The maximum absolute atomic E-state index is 12.2. The smallest absolute Gasteiger partial charge is 0.340 e. The number of benzene rings is 1. The van der Waals surface area contributed by atoms with Crippen molar-refractivity contribution >= 4 is 83.6 Å². The van der Waals surface area contributed by atoms with Crippen LogP contribution in [0.3, 0.4) is 0 Å². The van der Waals surface area contributed by atoms with E-state index in [4.69, 9.17) is 4.74 Å². The predicted molar refractivity (Wildman–Crippen MR) is 115 cm³/mol. The van der Waals surface area contributed by atoms with E-state index in [1.54, 1.807) is 6.92 Å². The second-order valence-electron chi connectivity index (χ2n) is 4.81. The van der Waals surface area contributed by atoms with E-state index in [1.165, 1.54) is 0 Å². The molecule has 0 aromatic heterocycles. The summed E-state index contributed by atoms with van der Waals surface area (Å²) in [5, 5.41) is 1.94. The largest absolute Gasteiger partial charge is 0.462 e. The highest BCUT2D eigenvalue weighted by Gasteiger charge is 2.17. The van der Waals surface area contributed by atoms with Crippen molar-refractivity contribution in [2.24, 2.45) is 0 Å². The standard InChI is InChI=1S/C14H18I3NO4S/c1-2-23(20,21)9-7-18-6-3-8-22-14(19)12-10(15)4-5-11(16)13(12)17/h4-5,18H,2-3,6-9H2,1H3/p+1. The number of hydrogen-bond donors (Lipinski definition) is 1. The summed E-state index contributed by atoms with van der Waals surface area (Å²) in [7, 11) is -2.89. The fourth-order valence-electron chi connectivity index (χ4n) is 1.73. The first-order chi connectivity index (χ1) is 10.8. The Morgan fingerprint density at radius 1 is 1.17 bits per heavy atom. The Labute approximate surface area is 178 Å². The highest BCUT2D eigenvalue weighted by molar-refractivity contribution is 14.1. The van der Waals surface area contributed by atoms with Crippen LogP contribution in [0.1, 0.15) is 23.7 Å². The Balaban J connectivity index is 2.32. The Bertz CT molecular complexity index is 650. The van der Waals surface area contributed by atoms with Gasteiger partial charge in [0.25, 0.3) is 0 Å². The van der Waals surface area contributed by atoms with Gasteiger partial charge in [-0.1, -0.05) is 6.92 Å². The van der Waals surface area contributed by atoms with Crippen LogP contribution in [-0.2, 0) is 14.6 Å². The number of halogens is 3. The van der Waals surface area contributed by atoms with Gasteiger partial charge in [-0.15, -0.1) is 0 Å². The van der Waals surface area contributed by atoms with Crippen molar-refractivity contribution in [2.75, 3.05) is 31.2 Å². The van der Waals surface area contributed by atoms with Gasteiger partial charge in [-0.2, -0.15) is 0 Å². The third-order valence-corrected chi connectivity index (χ3v) is 8.79. The van der Waals surface area contributed by atoms with Crippen molar-refractivity contribution < 1.29 is 23.3 Å². The lowest BCUT2D eigenvalue weighted by molar-refractivity contribution is -0.651. The van der Waals surface area contributed by atoms with Gasteiger partial charge in [0.15, 0.2) is 9.84 Å². The normalized spacial score (nSPS) is 11.5. The SMILES string of the molecule is CCS(=O)(=O)CC[NH2+]CCCOC(=O)c1c(I)ccc(I)c1I. The Morgan fingerprint density at radius 3 is 2.48 bits per heavy atom. The second kappa shape index (κ2) is 10.7. The van der Waals surface area contributed by atoms with Crippen LogP contribution >= 0.6 is 67.8 Å². The van der Waals surface area contributed by atoms with E-state index in [0.717, 1.165) is 17.3 Å². The highest BCUT2D eigenvalue weighted by Crippen LogP contribution is 2.24. The third-order valence-electron chi connectivity index (χ3n) is 3.11. The summed E-state index contributed by atoms with van der Waals surface area (Å²) in [6.07, 6.45) is 0.703. The average Bonchev–Trinajstić information content (AvgIpc) is 2.50. The molecular weight excluding hydrogens is 659 g/mol. The number of quaternary nitrogens is 1. The monoisotopic (exact) mass is 678 g/mol. The van der Waals surface area contributed by atoms with Crippen LogP contribution in [0.4, 0.5) is 0 Å². The van der Waals surface area contributed by atoms with Gasteiger partial charge in [0.1, 0.15) is 0 Å². The van der Waals surface area contributed by atoms with Gasteiger partial charge in [0.2, 0.25) is 0 Å². The number of nitrogens with two attached hydrogens (primary N) is 1. The lowest BCUT2D eigenvalue weighted by Gasteiger charge is -2.09. The molecule has 0 aliphatic rings. The fourth-order valence-corrected chi connectivity index (χ4v) is 4.87. The van der Waals surface area contributed by atoms with E-state index >= 15 is 0 Å². The van der Waals surface area contributed by atoms with Crippen LogP contribution in [0.25, 0.3) is 0 Å². The van der Waals surface area contributed by atoms with Crippen molar-refractivity contribution in [2.45, 2.75) is 13.3 Å². The summed E-state index contributed by atoms with van der Waals surface area (Å²) in [5.41, 5.74) is 0.621. The molecule has 0 aliphatic heterocycles. The Hall–Kier alpha value is 0.790. The lowest BCUT2D eigenvalue weighted by Crippen LogP contribution is -2.85. The molecule has 0 amide bonds. The van der Waals surface area contributed by atoms with Crippen LogP contribution < -0.4 is 5.32 Å². The van der Waals surface area contributed by atoms with Crippen molar-refractivity contribution in [1.82, 2.24) is 0 Å². The molecular formula is C14H19I3NO4S+. The fraction of sp³-hybridized carbons (Fsp3) is 0.500. The molecule has 9 heteroatoms. The molecule has 0 bridgehead atoms. The van der Waals surface area contributed by atoms with Gasteiger partial charge in [-0.05, 0) is 79.9 Å². The quantitative estimate of drug-likeness (QED) is 0.188. The number of carbonyl (C=O) groups is 1. The average molecular weight is 678 g/mol.